The molecule has 0 heterocycles. The van der Waals surface area contributed by atoms with E-state index in [9.17, 15) is 14.0 Å². The molecule has 0 spiro atoms. The number of benzene rings is 1. The molecule has 0 saturated heterocycles. The first-order valence-electron chi connectivity index (χ1n) is 7.05. The average molecular weight is 311 g/mol. The van der Waals surface area contributed by atoms with Gasteiger partial charge in [0.05, 0.1) is 13.2 Å². The summed E-state index contributed by atoms with van der Waals surface area (Å²) in [4.78, 5) is 23.2. The van der Waals surface area contributed by atoms with Crippen molar-refractivity contribution in [2.75, 3.05) is 39.9 Å². The first-order chi connectivity index (χ1) is 10.5. The van der Waals surface area contributed by atoms with E-state index in [1.54, 1.807) is 26.2 Å². The summed E-state index contributed by atoms with van der Waals surface area (Å²) in [7, 11) is 1.59. The molecule has 7 heteroatoms. The predicted octanol–water partition coefficient (Wildman–Crippen LogP) is 0.216. The van der Waals surface area contributed by atoms with Gasteiger partial charge >= 0.3 is 0 Å². The molecular weight excluding hydrogens is 289 g/mol. The molecule has 0 radical (unpaired) electrons. The number of ether oxygens (including phenoxy) is 1. The second-order valence-corrected chi connectivity index (χ2v) is 4.74. The molecule has 1 aromatic rings. The highest BCUT2D eigenvalue weighted by molar-refractivity contribution is 5.94. The van der Waals surface area contributed by atoms with Crippen LogP contribution in [-0.2, 0) is 9.53 Å². The Morgan fingerprint density at radius 2 is 1.91 bits per heavy atom. The normalized spacial score (nSPS) is 10.3. The summed E-state index contributed by atoms with van der Waals surface area (Å²) in [5.41, 5.74) is 0.750. The summed E-state index contributed by atoms with van der Waals surface area (Å²) < 4.78 is 18.2. The van der Waals surface area contributed by atoms with Gasteiger partial charge in [-0.15, -0.1) is 0 Å². The minimum absolute atomic E-state index is 0.160. The van der Waals surface area contributed by atoms with E-state index in [0.29, 0.717) is 25.3 Å². The number of carbonyl (C=O) groups is 2. The summed E-state index contributed by atoms with van der Waals surface area (Å²) in [6.07, 6.45) is 0. The fraction of sp³-hybridized carbons (Fsp3) is 0.467. The molecule has 0 bridgehead atoms. The van der Waals surface area contributed by atoms with Gasteiger partial charge < -0.3 is 20.7 Å². The predicted molar refractivity (Wildman–Crippen MR) is 81.2 cm³/mol. The van der Waals surface area contributed by atoms with Gasteiger partial charge in [-0.05, 0) is 24.6 Å². The summed E-state index contributed by atoms with van der Waals surface area (Å²) in [6, 6.07) is 4.31. The van der Waals surface area contributed by atoms with Gasteiger partial charge in [-0.2, -0.15) is 0 Å². The lowest BCUT2D eigenvalue weighted by atomic mass is 10.1. The second kappa shape index (κ2) is 9.86. The molecule has 0 aliphatic carbocycles. The Bertz CT molecular complexity index is 509. The Morgan fingerprint density at radius 3 is 2.59 bits per heavy atom. The minimum Gasteiger partial charge on any atom is -0.383 e. The number of amides is 2. The van der Waals surface area contributed by atoms with Gasteiger partial charge in [-0.25, -0.2) is 4.39 Å². The van der Waals surface area contributed by atoms with Crippen LogP contribution in [0.1, 0.15) is 15.9 Å². The molecule has 1 aromatic carbocycles. The lowest BCUT2D eigenvalue weighted by Gasteiger charge is -2.08. The van der Waals surface area contributed by atoms with Gasteiger partial charge in [0.2, 0.25) is 5.91 Å². The summed E-state index contributed by atoms with van der Waals surface area (Å²) in [5.74, 6) is -0.943. The molecule has 0 aromatic heterocycles. The number of aryl methyl sites for hydroxylation is 1. The molecule has 2 amide bonds. The third-order valence-electron chi connectivity index (χ3n) is 2.94. The van der Waals surface area contributed by atoms with E-state index in [-0.39, 0.29) is 30.5 Å². The first-order valence-corrected chi connectivity index (χ1v) is 7.05. The third kappa shape index (κ3) is 6.64. The number of hydrogen-bond donors (Lipinski definition) is 3. The van der Waals surface area contributed by atoms with Crippen molar-refractivity contribution in [3.8, 4) is 0 Å². The maximum absolute atomic E-state index is 13.4. The van der Waals surface area contributed by atoms with Crippen molar-refractivity contribution in [3.05, 3.63) is 35.1 Å². The maximum atomic E-state index is 13.4. The van der Waals surface area contributed by atoms with Crippen LogP contribution in [0.4, 0.5) is 4.39 Å². The van der Waals surface area contributed by atoms with Crippen molar-refractivity contribution in [1.82, 2.24) is 16.0 Å². The van der Waals surface area contributed by atoms with Crippen LogP contribution in [0.25, 0.3) is 0 Å². The quantitative estimate of drug-likeness (QED) is 0.570. The number of nitrogens with one attached hydrogen (secondary N) is 3. The number of methoxy groups -OCH3 is 1. The van der Waals surface area contributed by atoms with E-state index in [4.69, 9.17) is 4.74 Å². The van der Waals surface area contributed by atoms with Crippen molar-refractivity contribution >= 4 is 11.8 Å². The Labute approximate surface area is 129 Å². The number of hydrogen-bond acceptors (Lipinski definition) is 4. The molecule has 122 valence electrons. The first kappa shape index (κ1) is 18.1. The van der Waals surface area contributed by atoms with Crippen LogP contribution in [0.5, 0.6) is 0 Å². The topological polar surface area (TPSA) is 79.5 Å². The highest BCUT2D eigenvalue weighted by Crippen LogP contribution is 2.08. The Balaban J connectivity index is 2.19. The Kier molecular flexibility index (Phi) is 8.09. The number of rotatable bonds is 9. The molecule has 0 aliphatic heterocycles. The van der Waals surface area contributed by atoms with Crippen LogP contribution in [-0.4, -0.2) is 51.7 Å². The van der Waals surface area contributed by atoms with Gasteiger partial charge in [0.1, 0.15) is 5.82 Å². The fourth-order valence-electron chi connectivity index (χ4n) is 1.65. The van der Waals surface area contributed by atoms with Crippen molar-refractivity contribution < 1.29 is 18.7 Å². The van der Waals surface area contributed by atoms with Crippen LogP contribution < -0.4 is 16.0 Å². The number of carbonyl (C=O) groups excluding carboxylic acids is 2. The van der Waals surface area contributed by atoms with Crippen molar-refractivity contribution in [3.63, 3.8) is 0 Å². The molecule has 0 fully saturated rings. The van der Waals surface area contributed by atoms with Crippen molar-refractivity contribution in [2.45, 2.75) is 6.92 Å². The zero-order chi connectivity index (χ0) is 16.4. The standard InChI is InChI=1S/C15H22FN3O3/c1-11-3-4-12(9-13(11)16)15(21)19-6-5-18-14(20)10-17-7-8-22-2/h3-4,9,17H,5-8,10H2,1-2H3,(H,18,20)(H,19,21). The highest BCUT2D eigenvalue weighted by atomic mass is 19.1. The summed E-state index contributed by atoms with van der Waals surface area (Å²) >= 11 is 0. The third-order valence-corrected chi connectivity index (χ3v) is 2.94. The summed E-state index contributed by atoms with van der Waals surface area (Å²) in [5, 5.41) is 8.18. The molecular formula is C15H22FN3O3. The number of halogens is 1. The SMILES string of the molecule is COCCNCC(=O)NCCNC(=O)c1ccc(C)c(F)c1. The van der Waals surface area contributed by atoms with Crippen LogP contribution >= 0.6 is 0 Å². The molecule has 6 nitrogen and oxygen atoms in total. The van der Waals surface area contributed by atoms with Gasteiger partial charge in [0.25, 0.3) is 5.91 Å². The molecule has 3 N–H and O–H groups in total. The highest BCUT2D eigenvalue weighted by Gasteiger charge is 2.07. The van der Waals surface area contributed by atoms with Crippen molar-refractivity contribution in [1.29, 1.82) is 0 Å². The second-order valence-electron chi connectivity index (χ2n) is 4.74. The molecule has 0 unspecified atom stereocenters. The Morgan fingerprint density at radius 1 is 1.18 bits per heavy atom. The van der Waals surface area contributed by atoms with Gasteiger partial charge in [-0.1, -0.05) is 6.07 Å². The fourth-order valence-corrected chi connectivity index (χ4v) is 1.65. The van der Waals surface area contributed by atoms with Crippen LogP contribution in [0.2, 0.25) is 0 Å². The van der Waals surface area contributed by atoms with Gasteiger partial charge in [0.15, 0.2) is 0 Å². The lowest BCUT2D eigenvalue weighted by molar-refractivity contribution is -0.120. The van der Waals surface area contributed by atoms with E-state index in [2.05, 4.69) is 16.0 Å². The smallest absolute Gasteiger partial charge is 0.251 e. The zero-order valence-corrected chi connectivity index (χ0v) is 12.9. The Hall–Kier alpha value is -1.99. The molecule has 1 rings (SSSR count). The summed E-state index contributed by atoms with van der Waals surface area (Å²) in [6.45, 7) is 3.55. The minimum atomic E-state index is -0.414. The molecule has 0 saturated carbocycles. The van der Waals surface area contributed by atoms with Crippen LogP contribution in [0.3, 0.4) is 0 Å². The van der Waals surface area contributed by atoms with Gasteiger partial charge in [0, 0.05) is 32.3 Å². The largest absolute Gasteiger partial charge is 0.383 e. The molecule has 22 heavy (non-hydrogen) atoms. The van der Waals surface area contributed by atoms with E-state index in [1.807, 2.05) is 0 Å². The maximum Gasteiger partial charge on any atom is 0.251 e. The molecule has 0 atom stereocenters. The van der Waals surface area contributed by atoms with Crippen LogP contribution in [0, 0.1) is 12.7 Å². The van der Waals surface area contributed by atoms with E-state index in [1.165, 1.54) is 6.07 Å². The van der Waals surface area contributed by atoms with E-state index in [0.717, 1.165) is 0 Å². The van der Waals surface area contributed by atoms with E-state index < -0.39 is 5.82 Å². The zero-order valence-electron chi connectivity index (χ0n) is 12.9. The van der Waals surface area contributed by atoms with Crippen LogP contribution in [0.15, 0.2) is 18.2 Å². The van der Waals surface area contributed by atoms with Crippen molar-refractivity contribution in [2.24, 2.45) is 0 Å². The van der Waals surface area contributed by atoms with E-state index >= 15 is 0 Å². The average Bonchev–Trinajstić information content (AvgIpc) is 2.50. The lowest BCUT2D eigenvalue weighted by Crippen LogP contribution is -2.39. The monoisotopic (exact) mass is 311 g/mol. The van der Waals surface area contributed by atoms with Gasteiger partial charge in [-0.3, -0.25) is 9.59 Å². The molecule has 0 aliphatic rings.